The minimum absolute atomic E-state index is 0.157. The molecule has 1 rings (SSSR count). The molecule has 1 atom stereocenters. The number of hydrogen-bond donors (Lipinski definition) is 1. The summed E-state index contributed by atoms with van der Waals surface area (Å²) in [4.78, 5) is 0. The number of nitrogens with zero attached hydrogens (tertiary/aromatic N) is 1. The van der Waals surface area contributed by atoms with Gasteiger partial charge in [0, 0.05) is 18.5 Å². The molecular formula is C7H12N2O. The monoisotopic (exact) mass is 140 g/mol. The lowest BCUT2D eigenvalue weighted by Gasteiger charge is -1.97. The topological polar surface area (TPSA) is 52.0 Å². The lowest BCUT2D eigenvalue weighted by atomic mass is 10.2. The van der Waals surface area contributed by atoms with E-state index in [0.29, 0.717) is 0 Å². The number of aryl methyl sites for hydroxylation is 1. The maximum atomic E-state index is 5.55. The van der Waals surface area contributed by atoms with Gasteiger partial charge in [-0.15, -0.1) is 0 Å². The van der Waals surface area contributed by atoms with Crippen LogP contribution in [0.2, 0.25) is 0 Å². The summed E-state index contributed by atoms with van der Waals surface area (Å²) in [7, 11) is 0. The molecule has 1 aromatic rings. The molecule has 1 unspecified atom stereocenters. The van der Waals surface area contributed by atoms with Crippen LogP contribution in [0.4, 0.5) is 0 Å². The first kappa shape index (κ1) is 7.28. The molecule has 10 heavy (non-hydrogen) atoms. The fourth-order valence-corrected chi connectivity index (χ4v) is 0.844. The zero-order valence-electron chi connectivity index (χ0n) is 6.29. The zero-order chi connectivity index (χ0) is 7.56. The third kappa shape index (κ3) is 1.84. The average Bonchev–Trinajstić information content (AvgIpc) is 2.13. The lowest BCUT2D eigenvalue weighted by molar-refractivity contribution is 0.389. The van der Waals surface area contributed by atoms with Crippen molar-refractivity contribution in [1.82, 2.24) is 5.16 Å². The Morgan fingerprint density at radius 3 is 2.90 bits per heavy atom. The fraction of sp³-hybridized carbons (Fsp3) is 0.571. The molecule has 0 bridgehead atoms. The standard InChI is InChI=1S/C7H12N2O/c1-5(8)3-7-4-6(2)10-9-7/h4-5H,3,8H2,1-2H3. The molecule has 1 aromatic heterocycles. The van der Waals surface area contributed by atoms with Crippen LogP contribution in [-0.2, 0) is 6.42 Å². The molecule has 0 amide bonds. The SMILES string of the molecule is Cc1cc(CC(C)N)no1. The van der Waals surface area contributed by atoms with E-state index in [0.717, 1.165) is 17.9 Å². The van der Waals surface area contributed by atoms with E-state index in [1.54, 1.807) is 0 Å². The third-order valence-corrected chi connectivity index (χ3v) is 1.21. The Labute approximate surface area is 60.2 Å². The minimum atomic E-state index is 0.157. The van der Waals surface area contributed by atoms with Crippen LogP contribution in [0.25, 0.3) is 0 Å². The van der Waals surface area contributed by atoms with Gasteiger partial charge >= 0.3 is 0 Å². The van der Waals surface area contributed by atoms with Crippen LogP contribution in [0.3, 0.4) is 0 Å². The van der Waals surface area contributed by atoms with Gasteiger partial charge < -0.3 is 10.3 Å². The van der Waals surface area contributed by atoms with E-state index in [2.05, 4.69) is 5.16 Å². The molecule has 0 aliphatic rings. The van der Waals surface area contributed by atoms with Gasteiger partial charge in [0.25, 0.3) is 0 Å². The van der Waals surface area contributed by atoms with Crippen LogP contribution in [0, 0.1) is 6.92 Å². The Bertz CT molecular complexity index is 205. The maximum Gasteiger partial charge on any atom is 0.133 e. The second kappa shape index (κ2) is 2.84. The number of rotatable bonds is 2. The van der Waals surface area contributed by atoms with Crippen LogP contribution in [0.15, 0.2) is 10.6 Å². The molecule has 2 N–H and O–H groups in total. The predicted octanol–water partition coefficient (Wildman–Crippen LogP) is 0.873. The summed E-state index contributed by atoms with van der Waals surface area (Å²) >= 11 is 0. The van der Waals surface area contributed by atoms with Gasteiger partial charge in [0.05, 0.1) is 5.69 Å². The smallest absolute Gasteiger partial charge is 0.133 e. The summed E-state index contributed by atoms with van der Waals surface area (Å²) in [6, 6.07) is 2.06. The van der Waals surface area contributed by atoms with Gasteiger partial charge in [0.2, 0.25) is 0 Å². The van der Waals surface area contributed by atoms with Gasteiger partial charge in [-0.25, -0.2) is 0 Å². The van der Waals surface area contributed by atoms with Crippen molar-refractivity contribution in [2.24, 2.45) is 5.73 Å². The Balaban J connectivity index is 2.58. The summed E-state index contributed by atoms with van der Waals surface area (Å²) in [5.41, 5.74) is 6.49. The highest BCUT2D eigenvalue weighted by molar-refractivity contribution is 5.04. The molecule has 0 fully saturated rings. The molecular weight excluding hydrogens is 128 g/mol. The number of nitrogens with two attached hydrogens (primary N) is 1. The molecule has 0 aliphatic heterocycles. The van der Waals surface area contributed by atoms with Crippen molar-refractivity contribution in [3.63, 3.8) is 0 Å². The molecule has 0 saturated carbocycles. The summed E-state index contributed by atoms with van der Waals surface area (Å²) in [6.45, 7) is 3.82. The zero-order valence-corrected chi connectivity index (χ0v) is 6.29. The summed E-state index contributed by atoms with van der Waals surface area (Å²) in [6.07, 6.45) is 0.789. The van der Waals surface area contributed by atoms with E-state index in [4.69, 9.17) is 10.3 Å². The predicted molar refractivity (Wildman–Crippen MR) is 38.6 cm³/mol. The first-order valence-electron chi connectivity index (χ1n) is 3.36. The van der Waals surface area contributed by atoms with Gasteiger partial charge in [-0.2, -0.15) is 0 Å². The number of hydrogen-bond acceptors (Lipinski definition) is 3. The first-order valence-corrected chi connectivity index (χ1v) is 3.36. The average molecular weight is 140 g/mol. The van der Waals surface area contributed by atoms with E-state index < -0.39 is 0 Å². The van der Waals surface area contributed by atoms with E-state index in [-0.39, 0.29) is 6.04 Å². The quantitative estimate of drug-likeness (QED) is 0.663. The number of aromatic nitrogens is 1. The highest BCUT2D eigenvalue weighted by atomic mass is 16.5. The molecule has 3 heteroatoms. The van der Waals surface area contributed by atoms with Gasteiger partial charge in [0.1, 0.15) is 5.76 Å². The van der Waals surface area contributed by atoms with Gasteiger partial charge in [-0.3, -0.25) is 0 Å². The molecule has 0 aromatic carbocycles. The van der Waals surface area contributed by atoms with Crippen LogP contribution in [0.1, 0.15) is 18.4 Å². The van der Waals surface area contributed by atoms with Crippen molar-refractivity contribution in [2.75, 3.05) is 0 Å². The van der Waals surface area contributed by atoms with E-state index in [1.165, 1.54) is 0 Å². The molecule has 0 radical (unpaired) electrons. The highest BCUT2D eigenvalue weighted by Gasteiger charge is 2.01. The largest absolute Gasteiger partial charge is 0.361 e. The van der Waals surface area contributed by atoms with Crippen LogP contribution in [-0.4, -0.2) is 11.2 Å². The van der Waals surface area contributed by atoms with Crippen molar-refractivity contribution in [3.8, 4) is 0 Å². The van der Waals surface area contributed by atoms with E-state index >= 15 is 0 Å². The molecule has 3 nitrogen and oxygen atoms in total. The summed E-state index contributed by atoms with van der Waals surface area (Å²) < 4.78 is 4.86. The third-order valence-electron chi connectivity index (χ3n) is 1.21. The second-order valence-corrected chi connectivity index (χ2v) is 2.61. The van der Waals surface area contributed by atoms with Gasteiger partial charge in [-0.05, 0) is 13.8 Å². The fourth-order valence-electron chi connectivity index (χ4n) is 0.844. The molecule has 56 valence electrons. The van der Waals surface area contributed by atoms with Crippen molar-refractivity contribution < 1.29 is 4.52 Å². The summed E-state index contributed by atoms with van der Waals surface area (Å²) in [5.74, 6) is 0.843. The van der Waals surface area contributed by atoms with Crippen molar-refractivity contribution >= 4 is 0 Å². The van der Waals surface area contributed by atoms with E-state index in [1.807, 2.05) is 19.9 Å². The summed E-state index contributed by atoms with van der Waals surface area (Å²) in [5, 5.41) is 3.80. The van der Waals surface area contributed by atoms with Crippen molar-refractivity contribution in [1.29, 1.82) is 0 Å². The van der Waals surface area contributed by atoms with Crippen LogP contribution in [0.5, 0.6) is 0 Å². The van der Waals surface area contributed by atoms with E-state index in [9.17, 15) is 0 Å². The minimum Gasteiger partial charge on any atom is -0.361 e. The van der Waals surface area contributed by atoms with Crippen LogP contribution < -0.4 is 5.73 Å². The normalized spacial score (nSPS) is 13.5. The molecule has 0 aliphatic carbocycles. The van der Waals surface area contributed by atoms with Crippen molar-refractivity contribution in [2.45, 2.75) is 26.3 Å². The Kier molecular flexibility index (Phi) is 2.06. The molecule has 0 spiro atoms. The molecule has 0 saturated heterocycles. The second-order valence-electron chi connectivity index (χ2n) is 2.61. The first-order chi connectivity index (χ1) is 4.68. The lowest BCUT2D eigenvalue weighted by Crippen LogP contribution is -2.17. The Hall–Kier alpha value is -0.830. The Morgan fingerprint density at radius 1 is 1.80 bits per heavy atom. The van der Waals surface area contributed by atoms with Gasteiger partial charge in [0.15, 0.2) is 0 Å². The Morgan fingerprint density at radius 2 is 2.50 bits per heavy atom. The van der Waals surface area contributed by atoms with Gasteiger partial charge in [-0.1, -0.05) is 5.16 Å². The highest BCUT2D eigenvalue weighted by Crippen LogP contribution is 2.02. The van der Waals surface area contributed by atoms with Crippen molar-refractivity contribution in [3.05, 3.63) is 17.5 Å². The maximum absolute atomic E-state index is 5.55. The molecule has 1 heterocycles. The van der Waals surface area contributed by atoms with Crippen LogP contribution >= 0.6 is 0 Å².